The third-order valence-corrected chi connectivity index (χ3v) is 4.09. The Morgan fingerprint density at radius 1 is 1.15 bits per heavy atom. The molecule has 2 N–H and O–H groups in total. The molecule has 1 aromatic rings. The molecule has 0 aromatic heterocycles. The van der Waals surface area contributed by atoms with Crippen molar-refractivity contribution in [3.8, 4) is 0 Å². The molecule has 0 amide bonds. The number of ether oxygens (including phenoxy) is 2. The summed E-state index contributed by atoms with van der Waals surface area (Å²) in [5, 5.41) is 7.39. The predicted octanol–water partition coefficient (Wildman–Crippen LogP) is 2.55. The summed E-state index contributed by atoms with van der Waals surface area (Å²) in [6.07, 6.45) is 0.919. The van der Waals surface area contributed by atoms with Crippen molar-refractivity contribution in [2.75, 3.05) is 60.7 Å². The lowest BCUT2D eigenvalue weighted by Gasteiger charge is -2.24. The predicted molar refractivity (Wildman–Crippen MR) is 109 cm³/mol. The van der Waals surface area contributed by atoms with Crippen LogP contribution in [0.5, 0.6) is 0 Å². The van der Waals surface area contributed by atoms with E-state index in [1.807, 2.05) is 12.1 Å². The number of benzene rings is 1. The molecule has 1 atom stereocenters. The number of methoxy groups -OCH3 is 1. The van der Waals surface area contributed by atoms with Crippen molar-refractivity contribution >= 4 is 17.6 Å². The molecule has 0 saturated carbocycles. The molecule has 1 unspecified atom stereocenters. The molecule has 0 radical (unpaired) electrons. The van der Waals surface area contributed by atoms with Crippen molar-refractivity contribution in [2.24, 2.45) is 4.99 Å². The number of hydrogen-bond donors (Lipinski definition) is 2. The van der Waals surface area contributed by atoms with Gasteiger partial charge in [0.1, 0.15) is 0 Å². The Labute approximate surface area is 162 Å². The number of guanidine groups is 1. The van der Waals surface area contributed by atoms with E-state index < -0.39 is 0 Å². The second kappa shape index (κ2) is 13.8. The maximum Gasteiger partial charge on any atom is 0.191 e. The fourth-order valence-corrected chi connectivity index (χ4v) is 2.52. The van der Waals surface area contributed by atoms with Crippen LogP contribution < -0.4 is 10.6 Å². The van der Waals surface area contributed by atoms with Gasteiger partial charge in [0, 0.05) is 31.8 Å². The van der Waals surface area contributed by atoms with Gasteiger partial charge in [-0.25, -0.2) is 0 Å². The average Bonchev–Trinajstić information content (AvgIpc) is 2.62. The lowest BCUT2D eigenvalue weighted by molar-refractivity contribution is 0.0698. The molecule has 0 aliphatic carbocycles. The number of halogens is 1. The van der Waals surface area contributed by atoms with Gasteiger partial charge in [-0.05, 0) is 45.1 Å². The third kappa shape index (κ3) is 9.38. The molecule has 7 heteroatoms. The van der Waals surface area contributed by atoms with Gasteiger partial charge in [0.15, 0.2) is 5.96 Å². The summed E-state index contributed by atoms with van der Waals surface area (Å²) in [6, 6.07) is 8.15. The number of likely N-dealkylation sites (N-methyl/N-ethyl adjacent to an activating group) is 1. The van der Waals surface area contributed by atoms with Gasteiger partial charge < -0.3 is 25.0 Å². The minimum absolute atomic E-state index is 0.195. The quantitative estimate of drug-likeness (QED) is 0.329. The van der Waals surface area contributed by atoms with Gasteiger partial charge in [-0.15, -0.1) is 0 Å². The van der Waals surface area contributed by atoms with E-state index in [0.717, 1.165) is 30.5 Å². The van der Waals surface area contributed by atoms with Crippen LogP contribution in [0, 0.1) is 0 Å². The minimum Gasteiger partial charge on any atom is -0.382 e. The highest BCUT2D eigenvalue weighted by molar-refractivity contribution is 6.30. The first kappa shape index (κ1) is 22.7. The van der Waals surface area contributed by atoms with Crippen LogP contribution in [0.25, 0.3) is 0 Å². The van der Waals surface area contributed by atoms with Crippen molar-refractivity contribution in [2.45, 2.75) is 19.4 Å². The van der Waals surface area contributed by atoms with Crippen molar-refractivity contribution in [3.05, 3.63) is 34.9 Å². The number of rotatable bonds is 12. The molecule has 0 fully saturated rings. The summed E-state index contributed by atoms with van der Waals surface area (Å²) in [5.74, 6) is 0.824. The highest BCUT2D eigenvalue weighted by Crippen LogP contribution is 2.20. The minimum atomic E-state index is 0.195. The van der Waals surface area contributed by atoms with E-state index in [0.29, 0.717) is 26.4 Å². The molecule has 1 rings (SSSR count). The van der Waals surface area contributed by atoms with Crippen LogP contribution in [0.2, 0.25) is 5.02 Å². The lowest BCUT2D eigenvalue weighted by Crippen LogP contribution is -2.38. The zero-order valence-corrected chi connectivity index (χ0v) is 17.2. The van der Waals surface area contributed by atoms with Gasteiger partial charge in [-0.3, -0.25) is 4.99 Å². The summed E-state index contributed by atoms with van der Waals surface area (Å²) in [6.45, 7) is 6.34. The van der Waals surface area contributed by atoms with E-state index in [2.05, 4.69) is 48.7 Å². The van der Waals surface area contributed by atoms with Crippen LogP contribution in [-0.4, -0.2) is 71.5 Å². The molecule has 0 bridgehead atoms. The first-order valence-electron chi connectivity index (χ1n) is 9.09. The summed E-state index contributed by atoms with van der Waals surface area (Å²) in [5.41, 5.74) is 1.20. The topological polar surface area (TPSA) is 58.1 Å². The van der Waals surface area contributed by atoms with Crippen LogP contribution in [0.3, 0.4) is 0 Å². The van der Waals surface area contributed by atoms with Gasteiger partial charge in [0.25, 0.3) is 0 Å². The maximum atomic E-state index is 6.00. The molecule has 148 valence electrons. The fourth-order valence-electron chi connectivity index (χ4n) is 2.40. The Kier molecular flexibility index (Phi) is 12.1. The van der Waals surface area contributed by atoms with Crippen molar-refractivity contribution in [1.82, 2.24) is 15.5 Å². The van der Waals surface area contributed by atoms with E-state index in [4.69, 9.17) is 26.1 Å². The van der Waals surface area contributed by atoms with Crippen LogP contribution >= 0.6 is 11.6 Å². The molecule has 0 aliphatic rings. The van der Waals surface area contributed by atoms with Crippen LogP contribution in [0.4, 0.5) is 0 Å². The molecule has 6 nitrogen and oxygen atoms in total. The number of aliphatic imine (C=N–C) groups is 1. The smallest absolute Gasteiger partial charge is 0.191 e. The molecule has 0 aliphatic heterocycles. The van der Waals surface area contributed by atoms with Crippen molar-refractivity contribution < 1.29 is 9.47 Å². The van der Waals surface area contributed by atoms with E-state index >= 15 is 0 Å². The normalized spacial score (nSPS) is 13.1. The molecule has 0 saturated heterocycles. The molecule has 0 heterocycles. The SMILES string of the molecule is CCNC(=NCC(c1ccc(Cl)cc1)N(C)C)NCCCOCCOC. The highest BCUT2D eigenvalue weighted by Gasteiger charge is 2.14. The third-order valence-electron chi connectivity index (χ3n) is 3.83. The molecule has 0 spiro atoms. The molecular weight excluding hydrogens is 352 g/mol. The molecular formula is C19H33ClN4O2. The van der Waals surface area contributed by atoms with Gasteiger partial charge in [-0.1, -0.05) is 23.7 Å². The zero-order chi connectivity index (χ0) is 19.2. The number of nitrogens with one attached hydrogen (secondary N) is 2. The fraction of sp³-hybridized carbons (Fsp3) is 0.632. The van der Waals surface area contributed by atoms with Gasteiger partial charge in [-0.2, -0.15) is 0 Å². The average molecular weight is 385 g/mol. The molecule has 1 aromatic carbocycles. The van der Waals surface area contributed by atoms with Crippen LogP contribution in [0.15, 0.2) is 29.3 Å². The first-order chi connectivity index (χ1) is 12.6. The second-order valence-electron chi connectivity index (χ2n) is 6.14. The van der Waals surface area contributed by atoms with E-state index in [1.54, 1.807) is 7.11 Å². The standard InChI is InChI=1S/C19H33ClN4O2/c1-5-21-19(22-11-6-12-26-14-13-25-4)23-15-18(24(2)3)16-7-9-17(20)10-8-16/h7-10,18H,5-6,11-15H2,1-4H3,(H2,21,22,23). The van der Waals surface area contributed by atoms with Crippen LogP contribution in [-0.2, 0) is 9.47 Å². The monoisotopic (exact) mass is 384 g/mol. The Bertz CT molecular complexity index is 509. The van der Waals surface area contributed by atoms with Crippen molar-refractivity contribution in [3.63, 3.8) is 0 Å². The Hall–Kier alpha value is -1.34. The summed E-state index contributed by atoms with van der Waals surface area (Å²) < 4.78 is 10.4. The Morgan fingerprint density at radius 2 is 1.88 bits per heavy atom. The summed E-state index contributed by atoms with van der Waals surface area (Å²) in [7, 11) is 5.80. The van der Waals surface area contributed by atoms with E-state index in [1.165, 1.54) is 5.56 Å². The summed E-state index contributed by atoms with van der Waals surface area (Å²) in [4.78, 5) is 6.91. The van der Waals surface area contributed by atoms with Gasteiger partial charge in [0.2, 0.25) is 0 Å². The Balaban J connectivity index is 2.52. The van der Waals surface area contributed by atoms with Gasteiger partial charge >= 0.3 is 0 Å². The maximum absolute atomic E-state index is 6.00. The highest BCUT2D eigenvalue weighted by atomic mass is 35.5. The first-order valence-corrected chi connectivity index (χ1v) is 9.47. The van der Waals surface area contributed by atoms with Gasteiger partial charge in [0.05, 0.1) is 25.8 Å². The second-order valence-corrected chi connectivity index (χ2v) is 6.57. The molecule has 26 heavy (non-hydrogen) atoms. The summed E-state index contributed by atoms with van der Waals surface area (Å²) >= 11 is 6.00. The number of hydrogen-bond acceptors (Lipinski definition) is 4. The zero-order valence-electron chi connectivity index (χ0n) is 16.4. The lowest BCUT2D eigenvalue weighted by atomic mass is 10.1. The van der Waals surface area contributed by atoms with E-state index in [9.17, 15) is 0 Å². The number of nitrogens with zero attached hydrogens (tertiary/aromatic N) is 2. The van der Waals surface area contributed by atoms with Crippen molar-refractivity contribution in [1.29, 1.82) is 0 Å². The van der Waals surface area contributed by atoms with Crippen LogP contribution in [0.1, 0.15) is 24.9 Å². The van der Waals surface area contributed by atoms with E-state index in [-0.39, 0.29) is 6.04 Å². The largest absolute Gasteiger partial charge is 0.382 e. The Morgan fingerprint density at radius 3 is 2.50 bits per heavy atom.